The van der Waals surface area contributed by atoms with Crippen LogP contribution in [0.5, 0.6) is 5.75 Å². The fraction of sp³-hybridized carbons (Fsp3) is 0.429. The largest absolute Gasteiger partial charge is 0.492 e. The summed E-state index contributed by atoms with van der Waals surface area (Å²) in [7, 11) is 0. The standard InChI is InChI=1S/C14H16OS/c1-9-5-6-11(10(9)2)14-12-4-3-7-15-13(12)8-16-14/h5,8H,3-4,6-7H2,1-2H3. The molecule has 0 spiro atoms. The SMILES string of the molecule is CC1=CCC(c2scc3c2CCCO3)=C1C. The van der Waals surface area contributed by atoms with Crippen LogP contribution >= 0.6 is 11.3 Å². The van der Waals surface area contributed by atoms with Crippen LogP contribution in [0.4, 0.5) is 0 Å². The molecule has 1 aromatic rings. The zero-order chi connectivity index (χ0) is 11.1. The number of thiophene rings is 1. The summed E-state index contributed by atoms with van der Waals surface area (Å²) in [4.78, 5) is 1.47. The maximum atomic E-state index is 5.70. The summed E-state index contributed by atoms with van der Waals surface area (Å²) >= 11 is 1.85. The van der Waals surface area contributed by atoms with Crippen molar-refractivity contribution in [1.29, 1.82) is 0 Å². The number of allylic oxidation sites excluding steroid dienone is 4. The molecule has 0 saturated carbocycles. The van der Waals surface area contributed by atoms with Crippen LogP contribution in [0.3, 0.4) is 0 Å². The lowest BCUT2D eigenvalue weighted by Crippen LogP contribution is -2.07. The predicted octanol–water partition coefficient (Wildman–Crippen LogP) is 4.20. The van der Waals surface area contributed by atoms with Crippen molar-refractivity contribution in [3.8, 4) is 5.75 Å². The van der Waals surface area contributed by atoms with E-state index in [1.54, 1.807) is 0 Å². The Morgan fingerprint density at radius 1 is 1.31 bits per heavy atom. The van der Waals surface area contributed by atoms with Crippen LogP contribution in [-0.4, -0.2) is 6.61 Å². The van der Waals surface area contributed by atoms with Gasteiger partial charge in [-0.1, -0.05) is 11.6 Å². The second-order valence-corrected chi connectivity index (χ2v) is 5.43. The maximum absolute atomic E-state index is 5.70. The van der Waals surface area contributed by atoms with Gasteiger partial charge in [-0.3, -0.25) is 0 Å². The van der Waals surface area contributed by atoms with E-state index in [2.05, 4.69) is 25.3 Å². The summed E-state index contributed by atoms with van der Waals surface area (Å²) in [5, 5.41) is 2.18. The average molecular weight is 232 g/mol. The van der Waals surface area contributed by atoms with E-state index in [9.17, 15) is 0 Å². The summed E-state index contributed by atoms with van der Waals surface area (Å²) in [6.07, 6.45) is 5.78. The summed E-state index contributed by atoms with van der Waals surface area (Å²) in [6.45, 7) is 5.33. The van der Waals surface area contributed by atoms with Crippen molar-refractivity contribution in [1.82, 2.24) is 0 Å². The van der Waals surface area contributed by atoms with Crippen LogP contribution in [0.1, 0.15) is 37.1 Å². The zero-order valence-corrected chi connectivity index (χ0v) is 10.6. The van der Waals surface area contributed by atoms with Gasteiger partial charge in [0.25, 0.3) is 0 Å². The van der Waals surface area contributed by atoms with Crippen molar-refractivity contribution < 1.29 is 4.74 Å². The highest BCUT2D eigenvalue weighted by molar-refractivity contribution is 7.11. The molecule has 0 radical (unpaired) electrons. The Labute approximate surface area is 100 Å². The molecule has 0 N–H and O–H groups in total. The van der Waals surface area contributed by atoms with E-state index in [-0.39, 0.29) is 0 Å². The lowest BCUT2D eigenvalue weighted by atomic mass is 10.0. The lowest BCUT2D eigenvalue weighted by molar-refractivity contribution is 0.290. The Morgan fingerprint density at radius 3 is 2.94 bits per heavy atom. The molecule has 2 heteroatoms. The molecule has 0 atom stereocenters. The minimum Gasteiger partial charge on any atom is -0.492 e. The highest BCUT2D eigenvalue weighted by atomic mass is 32.1. The topological polar surface area (TPSA) is 9.23 Å². The third-order valence-corrected chi connectivity index (χ3v) is 4.68. The molecule has 2 heterocycles. The fourth-order valence-electron chi connectivity index (χ4n) is 2.47. The molecule has 0 bridgehead atoms. The zero-order valence-electron chi connectivity index (χ0n) is 9.80. The van der Waals surface area contributed by atoms with Gasteiger partial charge in [-0.05, 0) is 44.3 Å². The quantitative estimate of drug-likeness (QED) is 0.705. The van der Waals surface area contributed by atoms with E-state index in [0.29, 0.717) is 0 Å². The Kier molecular flexibility index (Phi) is 2.40. The molecular formula is C14H16OS. The van der Waals surface area contributed by atoms with Gasteiger partial charge in [-0.25, -0.2) is 0 Å². The maximum Gasteiger partial charge on any atom is 0.133 e. The molecule has 84 valence electrons. The molecule has 0 saturated heterocycles. The van der Waals surface area contributed by atoms with Crippen molar-refractivity contribution >= 4 is 16.9 Å². The van der Waals surface area contributed by atoms with Crippen LogP contribution in [0.25, 0.3) is 5.57 Å². The van der Waals surface area contributed by atoms with Crippen molar-refractivity contribution in [2.75, 3.05) is 6.61 Å². The molecule has 16 heavy (non-hydrogen) atoms. The van der Waals surface area contributed by atoms with Crippen molar-refractivity contribution in [3.05, 3.63) is 33.0 Å². The number of fused-ring (bicyclic) bond motifs is 1. The van der Waals surface area contributed by atoms with Gasteiger partial charge >= 0.3 is 0 Å². The smallest absolute Gasteiger partial charge is 0.133 e. The van der Waals surface area contributed by atoms with Gasteiger partial charge in [0.15, 0.2) is 0 Å². The van der Waals surface area contributed by atoms with Crippen LogP contribution in [0.15, 0.2) is 22.6 Å². The van der Waals surface area contributed by atoms with Gasteiger partial charge in [-0.2, -0.15) is 0 Å². The second kappa shape index (κ2) is 3.77. The van der Waals surface area contributed by atoms with Crippen LogP contribution < -0.4 is 4.74 Å². The average Bonchev–Trinajstić information content (AvgIpc) is 2.85. The number of hydrogen-bond acceptors (Lipinski definition) is 2. The van der Waals surface area contributed by atoms with Gasteiger partial charge < -0.3 is 4.74 Å². The van der Waals surface area contributed by atoms with E-state index in [4.69, 9.17) is 4.74 Å². The number of rotatable bonds is 1. The molecule has 1 aliphatic carbocycles. The summed E-state index contributed by atoms with van der Waals surface area (Å²) in [5.74, 6) is 1.14. The first-order chi connectivity index (χ1) is 7.77. The van der Waals surface area contributed by atoms with Crippen molar-refractivity contribution in [2.24, 2.45) is 0 Å². The first kappa shape index (κ1) is 10.2. The predicted molar refractivity (Wildman–Crippen MR) is 69.1 cm³/mol. The van der Waals surface area contributed by atoms with E-state index in [1.165, 1.54) is 33.6 Å². The van der Waals surface area contributed by atoms with Crippen molar-refractivity contribution in [3.63, 3.8) is 0 Å². The first-order valence-electron chi connectivity index (χ1n) is 5.88. The fourth-order valence-corrected chi connectivity index (χ4v) is 3.63. The molecule has 0 aromatic carbocycles. The molecule has 0 fully saturated rings. The third-order valence-electron chi connectivity index (χ3n) is 3.61. The van der Waals surface area contributed by atoms with Gasteiger partial charge in [-0.15, -0.1) is 11.3 Å². The Morgan fingerprint density at radius 2 is 2.19 bits per heavy atom. The van der Waals surface area contributed by atoms with Gasteiger partial charge in [0.2, 0.25) is 0 Å². The van der Waals surface area contributed by atoms with Gasteiger partial charge in [0, 0.05) is 15.8 Å². The molecule has 1 aliphatic heterocycles. The number of hydrogen-bond donors (Lipinski definition) is 0. The lowest BCUT2D eigenvalue weighted by Gasteiger charge is -2.15. The first-order valence-corrected chi connectivity index (χ1v) is 6.75. The highest BCUT2D eigenvalue weighted by Gasteiger charge is 2.22. The van der Waals surface area contributed by atoms with Crippen LogP contribution in [0.2, 0.25) is 0 Å². The van der Waals surface area contributed by atoms with Gasteiger partial charge in [0.1, 0.15) is 5.75 Å². The number of ether oxygens (including phenoxy) is 1. The summed E-state index contributed by atoms with van der Waals surface area (Å²) in [6, 6.07) is 0. The van der Waals surface area contributed by atoms with E-state index in [1.807, 2.05) is 11.3 Å². The van der Waals surface area contributed by atoms with Crippen molar-refractivity contribution in [2.45, 2.75) is 33.1 Å². The summed E-state index contributed by atoms with van der Waals surface area (Å²) in [5.41, 5.74) is 5.88. The molecule has 2 aliphatic rings. The van der Waals surface area contributed by atoms with E-state index < -0.39 is 0 Å². The van der Waals surface area contributed by atoms with Crippen LogP contribution in [0, 0.1) is 0 Å². The molecule has 1 nitrogen and oxygen atoms in total. The monoisotopic (exact) mass is 232 g/mol. The summed E-state index contributed by atoms with van der Waals surface area (Å²) < 4.78 is 5.70. The minimum atomic E-state index is 0.887. The molecule has 1 aromatic heterocycles. The van der Waals surface area contributed by atoms with Gasteiger partial charge in [0.05, 0.1) is 6.61 Å². The van der Waals surface area contributed by atoms with Crippen LogP contribution in [-0.2, 0) is 6.42 Å². The molecule has 3 rings (SSSR count). The van der Waals surface area contributed by atoms with E-state index in [0.717, 1.165) is 25.2 Å². The molecular weight excluding hydrogens is 216 g/mol. The third kappa shape index (κ3) is 1.44. The second-order valence-electron chi connectivity index (χ2n) is 4.55. The highest BCUT2D eigenvalue weighted by Crippen LogP contribution is 2.43. The molecule has 0 amide bonds. The Bertz CT molecular complexity index is 491. The molecule has 0 unspecified atom stereocenters. The Hall–Kier alpha value is -1.02. The Balaban J connectivity index is 2.06. The minimum absolute atomic E-state index is 0.887. The van der Waals surface area contributed by atoms with E-state index >= 15 is 0 Å². The normalized spacial score (nSPS) is 19.5.